The molecular formula is C31H43N5O3. The Hall–Kier alpha value is -3.29. The molecule has 1 saturated carbocycles. The van der Waals surface area contributed by atoms with Crippen molar-refractivity contribution in [3.05, 3.63) is 47.7 Å². The van der Waals surface area contributed by atoms with Crippen molar-refractivity contribution in [1.29, 1.82) is 0 Å². The Morgan fingerprint density at radius 2 is 1.82 bits per heavy atom. The van der Waals surface area contributed by atoms with Gasteiger partial charge in [0.15, 0.2) is 0 Å². The SMILES string of the molecule is CC(=O)N1c2ccc(N3CCN(C(=O)OC(C)(C)C)C(C)C3)cc2C(Nc2cccc(C)n2)[C@@H](C)[C@@H]1C1CC1. The van der Waals surface area contributed by atoms with Crippen molar-refractivity contribution in [2.45, 2.75) is 85.0 Å². The Bertz CT molecular complexity index is 1240. The maximum atomic E-state index is 13.0. The third-order valence-electron chi connectivity index (χ3n) is 8.22. The number of benzene rings is 1. The number of nitrogens with zero attached hydrogens (tertiary/aromatic N) is 4. The van der Waals surface area contributed by atoms with Gasteiger partial charge in [0.1, 0.15) is 11.4 Å². The highest BCUT2D eigenvalue weighted by Crippen LogP contribution is 2.50. The standard InChI is InChI=1S/C31H43N5O3/c1-19-9-8-10-27(32-19)33-28-21(3)29(23-11-12-23)36(22(4)37)26-14-13-24(17-25(26)28)34-15-16-35(20(2)18-34)30(38)39-31(5,6)7/h8-10,13-14,17,20-21,23,28-29H,11-12,15-16,18H2,1-7H3,(H,32,33)/t20?,21-,28?,29-/m1/s1. The van der Waals surface area contributed by atoms with Crippen LogP contribution >= 0.6 is 0 Å². The Morgan fingerprint density at radius 3 is 2.44 bits per heavy atom. The lowest BCUT2D eigenvalue weighted by Gasteiger charge is -2.46. The third-order valence-corrected chi connectivity index (χ3v) is 8.22. The van der Waals surface area contributed by atoms with Crippen LogP contribution in [0.3, 0.4) is 0 Å². The van der Waals surface area contributed by atoms with E-state index in [2.05, 4.69) is 42.3 Å². The predicted molar refractivity (Wildman–Crippen MR) is 155 cm³/mol. The van der Waals surface area contributed by atoms with E-state index in [1.165, 1.54) is 12.8 Å². The lowest BCUT2D eigenvalue weighted by atomic mass is 9.79. The third kappa shape index (κ3) is 5.70. The Morgan fingerprint density at radius 1 is 1.08 bits per heavy atom. The summed E-state index contributed by atoms with van der Waals surface area (Å²) in [6, 6.07) is 12.8. The van der Waals surface area contributed by atoms with Crippen molar-refractivity contribution in [2.75, 3.05) is 34.8 Å². The molecule has 2 aromatic rings. The van der Waals surface area contributed by atoms with E-state index in [1.54, 1.807) is 6.92 Å². The summed E-state index contributed by atoms with van der Waals surface area (Å²) < 4.78 is 5.64. The van der Waals surface area contributed by atoms with Gasteiger partial charge in [-0.25, -0.2) is 9.78 Å². The van der Waals surface area contributed by atoms with E-state index in [-0.39, 0.29) is 36.0 Å². The van der Waals surface area contributed by atoms with Gasteiger partial charge in [-0.05, 0) is 83.7 Å². The molecular weight excluding hydrogens is 490 g/mol. The van der Waals surface area contributed by atoms with E-state index in [4.69, 9.17) is 9.72 Å². The fourth-order valence-corrected chi connectivity index (χ4v) is 6.32. The average molecular weight is 534 g/mol. The number of ether oxygens (including phenoxy) is 1. The number of aromatic nitrogens is 1. The first-order chi connectivity index (χ1) is 18.4. The smallest absolute Gasteiger partial charge is 0.410 e. The van der Waals surface area contributed by atoms with Crippen molar-refractivity contribution in [3.63, 3.8) is 0 Å². The maximum absolute atomic E-state index is 13.0. The van der Waals surface area contributed by atoms with Crippen molar-refractivity contribution < 1.29 is 14.3 Å². The molecule has 2 amide bonds. The molecule has 1 N–H and O–H groups in total. The topological polar surface area (TPSA) is 78.0 Å². The Balaban J connectivity index is 1.46. The first-order valence-electron chi connectivity index (χ1n) is 14.3. The lowest BCUT2D eigenvalue weighted by molar-refractivity contribution is -0.117. The van der Waals surface area contributed by atoms with Gasteiger partial charge in [0.25, 0.3) is 0 Å². The number of carbonyl (C=O) groups excluding carboxylic acids is 2. The van der Waals surface area contributed by atoms with Crippen molar-refractivity contribution in [3.8, 4) is 0 Å². The molecule has 2 fully saturated rings. The highest BCUT2D eigenvalue weighted by molar-refractivity contribution is 5.94. The largest absolute Gasteiger partial charge is 0.444 e. The number of hydrogen-bond donors (Lipinski definition) is 1. The van der Waals surface area contributed by atoms with Crippen LogP contribution in [0.5, 0.6) is 0 Å². The normalized spacial score (nSPS) is 25.3. The zero-order valence-electron chi connectivity index (χ0n) is 24.4. The lowest BCUT2D eigenvalue weighted by Crippen LogP contribution is -2.55. The van der Waals surface area contributed by atoms with Gasteiger partial charge in [0, 0.05) is 67.2 Å². The van der Waals surface area contributed by atoms with Crippen molar-refractivity contribution >= 4 is 29.2 Å². The van der Waals surface area contributed by atoms with Crippen LogP contribution < -0.4 is 15.1 Å². The predicted octanol–water partition coefficient (Wildman–Crippen LogP) is 5.77. The fourth-order valence-electron chi connectivity index (χ4n) is 6.32. The number of anilines is 3. The molecule has 8 nitrogen and oxygen atoms in total. The summed E-state index contributed by atoms with van der Waals surface area (Å²) >= 11 is 0. The van der Waals surface area contributed by atoms with Crippen LogP contribution in [0.25, 0.3) is 0 Å². The maximum Gasteiger partial charge on any atom is 0.410 e. The van der Waals surface area contributed by atoms with Gasteiger partial charge in [-0.15, -0.1) is 0 Å². The minimum atomic E-state index is -0.516. The summed E-state index contributed by atoms with van der Waals surface area (Å²) in [5.74, 6) is 1.70. The minimum absolute atomic E-state index is 0.0157. The number of pyridine rings is 1. The number of amides is 2. The second kappa shape index (κ2) is 10.4. The quantitative estimate of drug-likeness (QED) is 0.538. The second-order valence-electron chi connectivity index (χ2n) is 12.6. The number of nitrogens with one attached hydrogen (secondary N) is 1. The van der Waals surface area contributed by atoms with Crippen molar-refractivity contribution in [1.82, 2.24) is 9.88 Å². The van der Waals surface area contributed by atoms with Crippen LogP contribution in [0.1, 0.15) is 71.7 Å². The molecule has 0 radical (unpaired) electrons. The fraction of sp³-hybridized carbons (Fsp3) is 0.581. The Kier molecular flexibility index (Phi) is 7.25. The number of carbonyl (C=O) groups is 2. The van der Waals surface area contributed by atoms with E-state index < -0.39 is 5.60 Å². The molecule has 1 aromatic carbocycles. The van der Waals surface area contributed by atoms with Crippen LogP contribution in [0.15, 0.2) is 36.4 Å². The van der Waals surface area contributed by atoms with E-state index in [0.29, 0.717) is 19.0 Å². The zero-order valence-corrected chi connectivity index (χ0v) is 24.4. The highest BCUT2D eigenvalue weighted by Gasteiger charge is 2.47. The van der Waals surface area contributed by atoms with E-state index >= 15 is 0 Å². The molecule has 1 aromatic heterocycles. The molecule has 4 atom stereocenters. The van der Waals surface area contributed by atoms with E-state index in [9.17, 15) is 9.59 Å². The summed E-state index contributed by atoms with van der Waals surface area (Å²) in [6.07, 6.45) is 2.08. The molecule has 5 rings (SSSR count). The molecule has 2 aliphatic heterocycles. The first kappa shape index (κ1) is 27.3. The van der Waals surface area contributed by atoms with Gasteiger partial charge in [0.05, 0.1) is 6.04 Å². The van der Waals surface area contributed by atoms with Gasteiger partial charge < -0.3 is 24.8 Å². The minimum Gasteiger partial charge on any atom is -0.444 e. The number of rotatable bonds is 4. The number of hydrogen-bond acceptors (Lipinski definition) is 6. The van der Waals surface area contributed by atoms with Crippen LogP contribution in [0, 0.1) is 18.8 Å². The number of piperazine rings is 1. The van der Waals surface area contributed by atoms with Crippen molar-refractivity contribution in [2.24, 2.45) is 11.8 Å². The van der Waals surface area contributed by atoms with Gasteiger partial charge in [-0.2, -0.15) is 0 Å². The molecule has 1 aliphatic carbocycles. The molecule has 39 heavy (non-hydrogen) atoms. The summed E-state index contributed by atoms with van der Waals surface area (Å²) in [7, 11) is 0. The second-order valence-corrected chi connectivity index (χ2v) is 12.6. The van der Waals surface area contributed by atoms with Gasteiger partial charge in [-0.3, -0.25) is 4.79 Å². The van der Waals surface area contributed by atoms with Crippen LogP contribution in [-0.2, 0) is 9.53 Å². The van der Waals surface area contributed by atoms with E-state index in [0.717, 1.165) is 35.0 Å². The summed E-state index contributed by atoms with van der Waals surface area (Å²) in [6.45, 7) is 15.8. The summed E-state index contributed by atoms with van der Waals surface area (Å²) in [5.41, 5.74) is 3.68. The Labute approximate surface area is 232 Å². The first-order valence-corrected chi connectivity index (χ1v) is 14.3. The monoisotopic (exact) mass is 533 g/mol. The zero-order chi connectivity index (χ0) is 28.1. The molecule has 1 saturated heterocycles. The van der Waals surface area contributed by atoms with Crippen LogP contribution in [0.2, 0.25) is 0 Å². The molecule has 210 valence electrons. The molecule has 2 unspecified atom stereocenters. The van der Waals surface area contributed by atoms with Gasteiger partial charge in [0.2, 0.25) is 5.91 Å². The molecule has 0 spiro atoms. The molecule has 8 heteroatoms. The number of fused-ring (bicyclic) bond motifs is 1. The summed E-state index contributed by atoms with van der Waals surface area (Å²) in [4.78, 5) is 36.7. The van der Waals surface area contributed by atoms with Gasteiger partial charge >= 0.3 is 6.09 Å². The molecule has 3 heterocycles. The average Bonchev–Trinajstić information content (AvgIpc) is 3.69. The van der Waals surface area contributed by atoms with Crippen LogP contribution in [-0.4, -0.2) is 59.2 Å². The van der Waals surface area contributed by atoms with E-state index in [1.807, 2.05) is 55.7 Å². The highest BCUT2D eigenvalue weighted by atomic mass is 16.6. The van der Waals surface area contributed by atoms with Crippen LogP contribution in [0.4, 0.5) is 22.0 Å². The number of aryl methyl sites for hydroxylation is 1. The van der Waals surface area contributed by atoms with Gasteiger partial charge in [-0.1, -0.05) is 13.0 Å². The summed E-state index contributed by atoms with van der Waals surface area (Å²) in [5, 5.41) is 3.75. The molecule has 0 bridgehead atoms. The molecule has 3 aliphatic rings.